The molecule has 1 aliphatic carbocycles. The standard InChI is InChI=1S/C19H22N4S/c1-14-22-17-9-5-8-16(19(17)24-14)21-12-18-20-10-11-23(18)13-15-6-3-2-4-7-15/h2-4,6-7,10-11,16,21H,5,8-9,12-13H2,1H3/t16-/m0/s1. The first-order chi connectivity index (χ1) is 11.8. The van der Waals surface area contributed by atoms with Gasteiger partial charge in [0.05, 0.1) is 17.2 Å². The Bertz CT molecular complexity index is 806. The van der Waals surface area contributed by atoms with Gasteiger partial charge in [0.25, 0.3) is 0 Å². The molecular formula is C19H22N4S. The Morgan fingerprint density at radius 1 is 1.29 bits per heavy atom. The second-order valence-electron chi connectivity index (χ2n) is 6.33. The molecule has 124 valence electrons. The molecule has 0 fully saturated rings. The van der Waals surface area contributed by atoms with E-state index in [1.54, 1.807) is 0 Å². The molecular weight excluding hydrogens is 316 g/mol. The average molecular weight is 338 g/mol. The normalized spacial score (nSPS) is 17.0. The molecule has 0 unspecified atom stereocenters. The van der Waals surface area contributed by atoms with Gasteiger partial charge >= 0.3 is 0 Å². The number of nitrogens with zero attached hydrogens (tertiary/aromatic N) is 3. The highest BCUT2D eigenvalue weighted by Gasteiger charge is 2.23. The zero-order chi connectivity index (χ0) is 16.4. The predicted molar refractivity (Wildman–Crippen MR) is 97.1 cm³/mol. The summed E-state index contributed by atoms with van der Waals surface area (Å²) in [5.41, 5.74) is 2.60. The summed E-state index contributed by atoms with van der Waals surface area (Å²) in [6.07, 6.45) is 7.48. The summed E-state index contributed by atoms with van der Waals surface area (Å²) in [6, 6.07) is 11.0. The Balaban J connectivity index is 1.45. The minimum absolute atomic E-state index is 0.418. The fourth-order valence-corrected chi connectivity index (χ4v) is 4.47. The minimum atomic E-state index is 0.418. The van der Waals surface area contributed by atoms with Gasteiger partial charge in [0.1, 0.15) is 5.82 Å². The zero-order valence-electron chi connectivity index (χ0n) is 13.9. The largest absolute Gasteiger partial charge is 0.329 e. The molecule has 0 saturated heterocycles. The van der Waals surface area contributed by atoms with Crippen LogP contribution < -0.4 is 5.32 Å². The number of aryl methyl sites for hydroxylation is 2. The molecule has 1 aliphatic rings. The summed E-state index contributed by atoms with van der Waals surface area (Å²) in [6.45, 7) is 3.76. The number of hydrogen-bond donors (Lipinski definition) is 1. The van der Waals surface area contributed by atoms with E-state index < -0.39 is 0 Å². The van der Waals surface area contributed by atoms with E-state index in [1.165, 1.54) is 34.0 Å². The van der Waals surface area contributed by atoms with Crippen LogP contribution in [0.3, 0.4) is 0 Å². The van der Waals surface area contributed by atoms with E-state index in [1.807, 2.05) is 17.5 Å². The molecule has 4 nitrogen and oxygen atoms in total. The van der Waals surface area contributed by atoms with E-state index in [-0.39, 0.29) is 0 Å². The highest BCUT2D eigenvalue weighted by Crippen LogP contribution is 2.34. The van der Waals surface area contributed by atoms with Crippen molar-refractivity contribution in [1.82, 2.24) is 19.9 Å². The number of nitrogens with one attached hydrogen (secondary N) is 1. The molecule has 0 radical (unpaired) electrons. The van der Waals surface area contributed by atoms with Crippen LogP contribution in [0.2, 0.25) is 0 Å². The lowest BCUT2D eigenvalue weighted by molar-refractivity contribution is 0.452. The maximum atomic E-state index is 4.68. The van der Waals surface area contributed by atoms with Crippen LogP contribution in [0.4, 0.5) is 0 Å². The third-order valence-corrected chi connectivity index (χ3v) is 5.69. The molecule has 0 bridgehead atoms. The first-order valence-electron chi connectivity index (χ1n) is 8.53. The van der Waals surface area contributed by atoms with E-state index in [9.17, 15) is 0 Å². The number of thiazole rings is 1. The number of hydrogen-bond acceptors (Lipinski definition) is 4. The molecule has 0 spiro atoms. The van der Waals surface area contributed by atoms with Crippen LogP contribution in [0, 0.1) is 6.92 Å². The smallest absolute Gasteiger partial charge is 0.122 e. The molecule has 2 aromatic heterocycles. The summed E-state index contributed by atoms with van der Waals surface area (Å²) in [5.74, 6) is 1.09. The molecule has 4 rings (SSSR count). The Hall–Kier alpha value is -1.98. The SMILES string of the molecule is Cc1nc2c(s1)[C@@H](NCc1nccn1Cc1ccccc1)CCC2. The van der Waals surface area contributed by atoms with Crippen LogP contribution >= 0.6 is 11.3 Å². The quantitative estimate of drug-likeness (QED) is 0.768. The van der Waals surface area contributed by atoms with E-state index in [0.717, 1.165) is 25.3 Å². The molecule has 1 aromatic carbocycles. The van der Waals surface area contributed by atoms with Crippen LogP contribution in [0.15, 0.2) is 42.7 Å². The van der Waals surface area contributed by atoms with Crippen molar-refractivity contribution in [1.29, 1.82) is 0 Å². The van der Waals surface area contributed by atoms with Crippen LogP contribution in [0.1, 0.15) is 45.9 Å². The molecule has 2 heterocycles. The Kier molecular flexibility index (Phi) is 4.45. The van der Waals surface area contributed by atoms with Crippen LogP contribution in [-0.4, -0.2) is 14.5 Å². The zero-order valence-corrected chi connectivity index (χ0v) is 14.7. The van der Waals surface area contributed by atoms with Gasteiger partial charge in [-0.2, -0.15) is 0 Å². The summed E-state index contributed by atoms with van der Waals surface area (Å²) in [4.78, 5) is 10.7. The van der Waals surface area contributed by atoms with Gasteiger partial charge in [0.15, 0.2) is 0 Å². The van der Waals surface area contributed by atoms with Crippen molar-refractivity contribution in [2.45, 2.75) is 45.3 Å². The Labute approximate surface area is 146 Å². The molecule has 0 amide bonds. The van der Waals surface area contributed by atoms with Crippen molar-refractivity contribution in [3.05, 3.63) is 69.7 Å². The van der Waals surface area contributed by atoms with Gasteiger partial charge in [0.2, 0.25) is 0 Å². The number of imidazole rings is 1. The second kappa shape index (κ2) is 6.87. The lowest BCUT2D eigenvalue weighted by Crippen LogP contribution is -2.25. The first kappa shape index (κ1) is 15.5. The highest BCUT2D eigenvalue weighted by molar-refractivity contribution is 7.11. The molecule has 0 saturated carbocycles. The summed E-state index contributed by atoms with van der Waals surface area (Å²) in [7, 11) is 0. The molecule has 1 atom stereocenters. The second-order valence-corrected chi connectivity index (χ2v) is 7.56. The number of fused-ring (bicyclic) bond motifs is 1. The Morgan fingerprint density at radius 3 is 3.04 bits per heavy atom. The maximum Gasteiger partial charge on any atom is 0.122 e. The van der Waals surface area contributed by atoms with Crippen LogP contribution in [0.25, 0.3) is 0 Å². The highest BCUT2D eigenvalue weighted by atomic mass is 32.1. The molecule has 0 aliphatic heterocycles. The molecule has 3 aromatic rings. The monoisotopic (exact) mass is 338 g/mol. The molecule has 1 N–H and O–H groups in total. The van der Waals surface area contributed by atoms with E-state index in [2.05, 4.69) is 63.3 Å². The summed E-state index contributed by atoms with van der Waals surface area (Å²) < 4.78 is 2.23. The van der Waals surface area contributed by atoms with Crippen molar-refractivity contribution in [3.8, 4) is 0 Å². The van der Waals surface area contributed by atoms with Gasteiger partial charge < -0.3 is 9.88 Å². The van der Waals surface area contributed by atoms with Crippen molar-refractivity contribution in [2.24, 2.45) is 0 Å². The van der Waals surface area contributed by atoms with Gasteiger partial charge in [0, 0.05) is 29.9 Å². The lowest BCUT2D eigenvalue weighted by atomic mass is 9.98. The van der Waals surface area contributed by atoms with Gasteiger partial charge in [-0.05, 0) is 31.7 Å². The first-order valence-corrected chi connectivity index (χ1v) is 9.35. The topological polar surface area (TPSA) is 42.7 Å². The van der Waals surface area contributed by atoms with Gasteiger partial charge in [-0.3, -0.25) is 0 Å². The van der Waals surface area contributed by atoms with Crippen molar-refractivity contribution in [3.63, 3.8) is 0 Å². The maximum absolute atomic E-state index is 4.68. The van der Waals surface area contributed by atoms with Gasteiger partial charge in [-0.25, -0.2) is 9.97 Å². The lowest BCUT2D eigenvalue weighted by Gasteiger charge is -2.22. The van der Waals surface area contributed by atoms with Crippen molar-refractivity contribution >= 4 is 11.3 Å². The van der Waals surface area contributed by atoms with Gasteiger partial charge in [-0.15, -0.1) is 11.3 Å². The van der Waals surface area contributed by atoms with E-state index in [4.69, 9.17) is 0 Å². The number of aromatic nitrogens is 3. The predicted octanol–water partition coefficient (Wildman–Crippen LogP) is 3.86. The fraction of sp³-hybridized carbons (Fsp3) is 0.368. The minimum Gasteiger partial charge on any atom is -0.329 e. The summed E-state index contributed by atoms with van der Waals surface area (Å²) >= 11 is 1.84. The van der Waals surface area contributed by atoms with Gasteiger partial charge in [-0.1, -0.05) is 30.3 Å². The number of rotatable bonds is 5. The summed E-state index contributed by atoms with van der Waals surface area (Å²) in [5, 5.41) is 4.89. The average Bonchev–Trinajstić information content (AvgIpc) is 3.19. The van der Waals surface area contributed by atoms with Crippen LogP contribution in [-0.2, 0) is 19.5 Å². The molecule has 24 heavy (non-hydrogen) atoms. The van der Waals surface area contributed by atoms with Crippen molar-refractivity contribution < 1.29 is 0 Å². The van der Waals surface area contributed by atoms with Crippen molar-refractivity contribution in [2.75, 3.05) is 0 Å². The third-order valence-electron chi connectivity index (χ3n) is 4.56. The molecule has 5 heteroatoms. The van der Waals surface area contributed by atoms with E-state index >= 15 is 0 Å². The third kappa shape index (κ3) is 3.28. The van der Waals surface area contributed by atoms with Crippen LogP contribution in [0.5, 0.6) is 0 Å². The number of benzene rings is 1. The Morgan fingerprint density at radius 2 is 2.17 bits per heavy atom. The fourth-order valence-electron chi connectivity index (χ4n) is 3.38. The van der Waals surface area contributed by atoms with E-state index in [0.29, 0.717) is 6.04 Å².